The summed E-state index contributed by atoms with van der Waals surface area (Å²) in [4.78, 5) is 243. The summed E-state index contributed by atoms with van der Waals surface area (Å²) < 4.78 is 5.74. The Morgan fingerprint density at radius 2 is 1.11 bits per heavy atom. The number of benzene rings is 3. The fourth-order valence-electron chi connectivity index (χ4n) is 13.7. The zero-order chi connectivity index (χ0) is 86.1. The molecule has 640 valence electrons. The maximum atomic E-state index is 15.8. The fourth-order valence-corrected chi connectivity index (χ4v) is 14.7. The number of rotatable bonds is 38. The molecule has 2 aromatic heterocycles. The van der Waals surface area contributed by atoms with Crippen molar-refractivity contribution < 1.29 is 91.4 Å². The number of nitrogens with two attached hydrogens (primary N) is 5. The van der Waals surface area contributed by atoms with Crippen LogP contribution in [0.25, 0.3) is 21.8 Å². The van der Waals surface area contributed by atoms with Crippen LogP contribution in [0.2, 0.25) is 0 Å². The largest absolute Gasteiger partial charge is 0.492 e. The van der Waals surface area contributed by atoms with Gasteiger partial charge >= 0.3 is 0 Å². The van der Waals surface area contributed by atoms with Gasteiger partial charge in [-0.1, -0.05) is 67.8 Å². The van der Waals surface area contributed by atoms with Crippen LogP contribution >= 0.6 is 11.8 Å². The molecule has 0 unspecified atom stereocenters. The van der Waals surface area contributed by atoms with E-state index in [1.54, 1.807) is 85.2 Å². The van der Waals surface area contributed by atoms with Crippen LogP contribution < -0.4 is 103 Å². The lowest BCUT2D eigenvalue weighted by atomic mass is 9.83. The van der Waals surface area contributed by atoms with Gasteiger partial charge in [0.25, 0.3) is 0 Å². The monoisotopic (exact) mass is 1660 g/mol. The summed E-state index contributed by atoms with van der Waals surface area (Å²) in [6, 6.07) is 2.20. The Morgan fingerprint density at radius 3 is 1.71 bits per heavy atom. The number of primary amides is 4. The Bertz CT molecular complexity index is 4400. The second kappa shape index (κ2) is 46.5. The molecule has 17 amide bonds. The van der Waals surface area contributed by atoms with E-state index in [1.165, 1.54) is 6.92 Å². The van der Waals surface area contributed by atoms with Crippen LogP contribution in [0.3, 0.4) is 0 Å². The summed E-state index contributed by atoms with van der Waals surface area (Å²) in [5.41, 5.74) is 30.2. The van der Waals surface area contributed by atoms with Gasteiger partial charge in [-0.05, 0) is 111 Å². The Labute approximate surface area is 683 Å². The third kappa shape index (κ3) is 29.8. The lowest BCUT2D eigenvalue weighted by Crippen LogP contribution is -2.62. The van der Waals surface area contributed by atoms with Crippen molar-refractivity contribution in [2.75, 3.05) is 37.7 Å². The molecule has 5 aromatic rings. The molecule has 3 heterocycles. The number of aromatic amines is 2. The maximum Gasteiger partial charge on any atom is 0.245 e. The predicted molar refractivity (Wildman–Crippen MR) is 431 cm³/mol. The molecule has 26 N–H and O–H groups in total. The highest BCUT2D eigenvalue weighted by atomic mass is 32.2. The van der Waals surface area contributed by atoms with Crippen LogP contribution in [0.1, 0.15) is 127 Å². The number of H-pyrrole nitrogens is 2. The lowest BCUT2D eigenvalue weighted by Gasteiger charge is -2.33. The number of ether oxygens (including phenoxy) is 1. The van der Waals surface area contributed by atoms with Gasteiger partial charge in [-0.15, -0.1) is 0 Å². The van der Waals surface area contributed by atoms with E-state index >= 15 is 28.8 Å². The molecule has 2 fully saturated rings. The molecule has 2 aliphatic rings. The van der Waals surface area contributed by atoms with Crippen LogP contribution in [0.15, 0.2) is 85.2 Å². The number of aliphatic hydroxyl groups is 1. The molecule has 1 aliphatic heterocycles. The first-order chi connectivity index (χ1) is 56.3. The van der Waals surface area contributed by atoms with Crippen molar-refractivity contribution >= 4 is 134 Å². The van der Waals surface area contributed by atoms with Gasteiger partial charge in [0.1, 0.15) is 78.8 Å². The summed E-state index contributed by atoms with van der Waals surface area (Å²) in [6.45, 7) is 3.36. The number of aromatic nitrogens is 2. The van der Waals surface area contributed by atoms with E-state index in [0.29, 0.717) is 76.3 Å². The molecule has 118 heavy (non-hydrogen) atoms. The zero-order valence-corrected chi connectivity index (χ0v) is 66.8. The Hall–Kier alpha value is -12.2. The molecule has 1 saturated heterocycles. The molecule has 39 nitrogen and oxygen atoms in total. The number of hydrogen-bond acceptors (Lipinski definition) is 21. The first-order valence-electron chi connectivity index (χ1n) is 39.0. The van der Waals surface area contributed by atoms with E-state index in [-0.39, 0.29) is 69.9 Å². The Balaban J connectivity index is 1.30. The molecule has 0 bridgehead atoms. The van der Waals surface area contributed by atoms with Crippen LogP contribution in [0.5, 0.6) is 5.75 Å². The number of thioether (sulfide) groups is 1. The highest BCUT2D eigenvalue weighted by Gasteiger charge is 2.41. The van der Waals surface area contributed by atoms with Crippen LogP contribution in [-0.2, 0) is 101 Å². The van der Waals surface area contributed by atoms with E-state index in [1.807, 2.05) is 0 Å². The molecule has 1 saturated carbocycles. The second-order valence-electron chi connectivity index (χ2n) is 29.2. The molecule has 0 spiro atoms. The summed E-state index contributed by atoms with van der Waals surface area (Å²) in [7, 11) is 0. The molecule has 7 rings (SSSR count). The number of hydrogen-bond donors (Lipinski definition) is 21. The number of fused-ring (bicyclic) bond motifs is 2. The number of nitrogens with one attached hydrogen (secondary N) is 15. The number of carbonyl (C=O) groups is 17. The average Bonchev–Trinajstić information content (AvgIpc) is 1.58. The molecular weight excluding hydrogens is 1550 g/mol. The van der Waals surface area contributed by atoms with Gasteiger partial charge in [-0.2, -0.15) is 11.8 Å². The standard InChI is InChI=1S/C78H108N20O19S/c1-41(99)66-77(115)95-58(34-46-37-85-51-17-9-7-15-49(46)51)74(112)90-54(24-26-62(80)102)70(108)96-61(40-118-32-28-56(88-43(3)101)71(109)89-55(72(110)97-66)25-27-63(81)103)76(114)92-57(33-44-20-22-48(23-21-44)117-31-29-79)73(111)93-59(35-47-38-86-52-18-10-8-16-50(47)52)75(113)98-67(45-13-5-4-6-14-45)78(116)91-53(19-11-12-30-84-42(2)100)69(107)94-60(36-64(82)104)68(106)87-39-65(83)105/h7-10,15-18,20-23,37-38,41,45,53-61,66-67,85-86,99H,4-6,11-14,19,24-36,39-40,79H2,1-3H3,(H2,80,102)(H2,81,103)(H2,82,104)(H2,83,105)(H,84,100)(H,87,106)(H,88,101)(H,89,109)(H,90,112)(H,91,116)(H,92,114)(H,93,111)(H,94,107)(H,95,115)(H,96,108)(H,97,110)(H,98,113)/t41-,53+,54+,55+,56+,57+,58+,59+,60+,61+,66+,67+/m1/s1. The Kier molecular flexibility index (Phi) is 36.6. The average molecular weight is 1660 g/mol. The van der Waals surface area contributed by atoms with Crippen LogP contribution in [0, 0.1) is 5.92 Å². The van der Waals surface area contributed by atoms with Gasteiger partial charge in [0.2, 0.25) is 100 Å². The van der Waals surface area contributed by atoms with Gasteiger partial charge in [-0.3, -0.25) is 81.5 Å². The molecule has 40 heteroatoms. The lowest BCUT2D eigenvalue weighted by molar-refractivity contribution is -0.137. The normalized spacial score (nSPS) is 19.5. The van der Waals surface area contributed by atoms with Crippen LogP contribution in [-0.4, -0.2) is 226 Å². The first-order valence-corrected chi connectivity index (χ1v) is 40.2. The van der Waals surface area contributed by atoms with E-state index in [9.17, 15) is 57.8 Å². The summed E-state index contributed by atoms with van der Waals surface area (Å²) >= 11 is 0.939. The maximum absolute atomic E-state index is 15.8. The van der Waals surface area contributed by atoms with Gasteiger partial charge in [-0.25, -0.2) is 0 Å². The molecule has 3 aromatic carbocycles. The summed E-state index contributed by atoms with van der Waals surface area (Å²) in [6.07, 6.45) is 0.626. The minimum atomic E-state index is -1.88. The van der Waals surface area contributed by atoms with Crippen molar-refractivity contribution in [2.24, 2.45) is 34.6 Å². The van der Waals surface area contributed by atoms with Crippen molar-refractivity contribution in [3.63, 3.8) is 0 Å². The van der Waals surface area contributed by atoms with Crippen molar-refractivity contribution in [1.29, 1.82) is 0 Å². The third-order valence-electron chi connectivity index (χ3n) is 19.8. The van der Waals surface area contributed by atoms with Crippen molar-refractivity contribution in [3.8, 4) is 5.75 Å². The molecule has 1 aliphatic carbocycles. The van der Waals surface area contributed by atoms with E-state index in [2.05, 4.69) is 79.1 Å². The fraction of sp³-hybridized carbons (Fsp3) is 0.500. The molecular formula is C78H108N20O19S. The number of para-hydroxylation sites is 2. The zero-order valence-electron chi connectivity index (χ0n) is 65.9. The summed E-state index contributed by atoms with van der Waals surface area (Å²) in [5.74, 6) is -16.9. The van der Waals surface area contributed by atoms with Crippen molar-refractivity contribution in [2.45, 2.75) is 202 Å². The highest BCUT2D eigenvalue weighted by molar-refractivity contribution is 7.99. The summed E-state index contributed by atoms with van der Waals surface area (Å²) in [5, 5.41) is 46.1. The van der Waals surface area contributed by atoms with Gasteiger partial charge in [0.05, 0.1) is 19.1 Å². The molecule has 12 atom stereocenters. The van der Waals surface area contributed by atoms with Gasteiger partial charge in [0.15, 0.2) is 0 Å². The smallest absolute Gasteiger partial charge is 0.245 e. The number of unbranched alkanes of at least 4 members (excludes halogenated alkanes) is 1. The van der Waals surface area contributed by atoms with Gasteiger partial charge in [0, 0.05) is 99.0 Å². The number of aliphatic hydroxyl groups excluding tert-OH is 1. The van der Waals surface area contributed by atoms with Gasteiger partial charge < -0.3 is 118 Å². The molecule has 0 radical (unpaired) electrons. The highest BCUT2D eigenvalue weighted by Crippen LogP contribution is 2.28. The minimum absolute atomic E-state index is 0.122. The second-order valence-corrected chi connectivity index (χ2v) is 30.3. The number of amides is 17. The van der Waals surface area contributed by atoms with Crippen molar-refractivity contribution in [3.05, 3.63) is 102 Å². The quantitative estimate of drug-likeness (QED) is 0.0167. The first kappa shape index (κ1) is 93.0. The SMILES string of the molecule is CC(=O)NCCCC[C@H](NC(=O)[C@@H](NC(=O)[C@H](Cc1c[nH]c2ccccc12)NC(=O)[C@H](Cc1ccc(OCCN)cc1)NC(=O)[C@@H]1CSCC[C@H](NC(C)=O)C(=O)N[C@@H](CCC(N)=O)C(=O)N[C@@H]([C@@H](C)O)C(=O)N[C@@H](Cc2c[nH]c3ccccc23)C(=O)N[C@@H](CCC(N)=O)C(=O)N1)C1CCCCC1)C(=O)N[C@@H](CC(N)=O)C(=O)NCC(N)=O. The topological polar surface area (TPSA) is 638 Å². The third-order valence-corrected chi connectivity index (χ3v) is 20.9. The van der Waals surface area contributed by atoms with E-state index < -0.39 is 217 Å². The Morgan fingerprint density at radius 1 is 0.551 bits per heavy atom. The number of carbonyl (C=O) groups excluding carboxylic acids is 17. The van der Waals surface area contributed by atoms with E-state index in [4.69, 9.17) is 33.4 Å². The predicted octanol–water partition coefficient (Wildman–Crippen LogP) is -4.22. The van der Waals surface area contributed by atoms with E-state index in [0.717, 1.165) is 32.0 Å². The van der Waals surface area contributed by atoms with Crippen molar-refractivity contribution in [1.82, 2.24) is 79.1 Å². The van der Waals surface area contributed by atoms with Crippen LogP contribution in [0.4, 0.5) is 0 Å². The minimum Gasteiger partial charge on any atom is -0.492 e.